The largest absolute Gasteiger partial charge is 0.351 e. The second-order valence-corrected chi connectivity index (χ2v) is 11.1. The Morgan fingerprint density at radius 2 is 2.00 bits per heavy atom. The number of nitrogens with zero attached hydrogens (tertiary/aromatic N) is 2. The van der Waals surface area contributed by atoms with Crippen LogP contribution in [-0.2, 0) is 20.9 Å². The first-order valence-corrected chi connectivity index (χ1v) is 12.9. The van der Waals surface area contributed by atoms with E-state index in [-0.39, 0.29) is 24.1 Å². The van der Waals surface area contributed by atoms with Gasteiger partial charge in [0.2, 0.25) is 17.7 Å². The molecule has 178 valence electrons. The van der Waals surface area contributed by atoms with Crippen molar-refractivity contribution in [1.82, 2.24) is 10.3 Å². The molecule has 1 aliphatic rings. The van der Waals surface area contributed by atoms with Crippen molar-refractivity contribution in [2.45, 2.75) is 46.6 Å². The van der Waals surface area contributed by atoms with Gasteiger partial charge < -0.3 is 15.5 Å². The number of nitrogens with one attached hydrogen (secondary N) is 2. The van der Waals surface area contributed by atoms with E-state index in [2.05, 4.69) is 35.5 Å². The number of carbonyl (C=O) groups is 3. The van der Waals surface area contributed by atoms with Gasteiger partial charge in [-0.1, -0.05) is 26.0 Å². The number of anilines is 2. The summed E-state index contributed by atoms with van der Waals surface area (Å²) in [6, 6.07) is 11.9. The Balaban J connectivity index is 1.42. The number of amides is 3. The molecule has 2 aromatic heterocycles. The molecule has 0 bridgehead atoms. The summed E-state index contributed by atoms with van der Waals surface area (Å²) >= 11 is 2.99. The number of rotatable bonds is 7. The zero-order chi connectivity index (χ0) is 24.4. The van der Waals surface area contributed by atoms with Crippen molar-refractivity contribution in [2.24, 2.45) is 5.92 Å². The molecule has 1 unspecified atom stereocenters. The van der Waals surface area contributed by atoms with E-state index >= 15 is 0 Å². The standard InChI is InChI=1S/C25H28N4O3S2/c1-14(2)17-6-5-7-19(10-17)29-13-18(11-22(29)31)24(32)28-25-27-23(15(3)33-25)21-9-8-20(34-21)12-26-16(4)30/h5-10,14,18H,11-13H2,1-4H3,(H,26,30)(H,27,28,32). The van der Waals surface area contributed by atoms with Crippen LogP contribution in [0.5, 0.6) is 0 Å². The summed E-state index contributed by atoms with van der Waals surface area (Å²) in [6.07, 6.45) is 0.187. The highest BCUT2D eigenvalue weighted by atomic mass is 32.1. The van der Waals surface area contributed by atoms with Gasteiger partial charge in [-0.05, 0) is 42.7 Å². The lowest BCUT2D eigenvalue weighted by Gasteiger charge is -2.18. The van der Waals surface area contributed by atoms with E-state index < -0.39 is 5.92 Å². The Labute approximate surface area is 207 Å². The Bertz CT molecular complexity index is 1230. The molecule has 3 heterocycles. The summed E-state index contributed by atoms with van der Waals surface area (Å²) in [4.78, 5) is 46.1. The third-order valence-corrected chi connectivity index (χ3v) is 7.76. The van der Waals surface area contributed by atoms with Gasteiger partial charge in [0.1, 0.15) is 0 Å². The smallest absolute Gasteiger partial charge is 0.231 e. The van der Waals surface area contributed by atoms with Crippen molar-refractivity contribution in [1.29, 1.82) is 0 Å². The number of thiazole rings is 1. The molecular weight excluding hydrogens is 468 g/mol. The van der Waals surface area contributed by atoms with Crippen LogP contribution in [0.1, 0.15) is 48.4 Å². The Hall–Kier alpha value is -3.04. The lowest BCUT2D eigenvalue weighted by Crippen LogP contribution is -2.28. The molecule has 3 amide bonds. The first-order chi connectivity index (χ1) is 16.2. The molecular formula is C25H28N4O3S2. The van der Waals surface area contributed by atoms with Gasteiger partial charge >= 0.3 is 0 Å². The predicted molar refractivity (Wildman–Crippen MR) is 137 cm³/mol. The monoisotopic (exact) mass is 496 g/mol. The summed E-state index contributed by atoms with van der Waals surface area (Å²) < 4.78 is 0. The molecule has 1 aromatic carbocycles. The van der Waals surface area contributed by atoms with Gasteiger partial charge in [0.25, 0.3) is 0 Å². The van der Waals surface area contributed by atoms with Crippen LogP contribution in [0.15, 0.2) is 36.4 Å². The topological polar surface area (TPSA) is 91.4 Å². The van der Waals surface area contributed by atoms with Crippen molar-refractivity contribution in [3.63, 3.8) is 0 Å². The lowest BCUT2D eigenvalue weighted by molar-refractivity contribution is -0.122. The quantitative estimate of drug-likeness (QED) is 0.485. The van der Waals surface area contributed by atoms with Crippen molar-refractivity contribution in [3.8, 4) is 10.6 Å². The van der Waals surface area contributed by atoms with Crippen molar-refractivity contribution < 1.29 is 14.4 Å². The van der Waals surface area contributed by atoms with Gasteiger partial charge in [-0.15, -0.1) is 22.7 Å². The van der Waals surface area contributed by atoms with Crippen molar-refractivity contribution >= 4 is 51.2 Å². The molecule has 9 heteroatoms. The van der Waals surface area contributed by atoms with E-state index in [4.69, 9.17) is 0 Å². The SMILES string of the molecule is CC(=O)NCc1ccc(-c2nc(NC(=O)C3CC(=O)N(c4cccc(C(C)C)c4)C3)sc2C)s1. The lowest BCUT2D eigenvalue weighted by atomic mass is 10.0. The van der Waals surface area contributed by atoms with Crippen molar-refractivity contribution in [3.05, 3.63) is 51.7 Å². The first kappa shape index (κ1) is 24.1. The Morgan fingerprint density at radius 1 is 1.21 bits per heavy atom. The van der Waals surface area contributed by atoms with E-state index in [0.717, 1.165) is 31.6 Å². The molecule has 1 fully saturated rings. The van der Waals surface area contributed by atoms with E-state index in [0.29, 0.717) is 24.1 Å². The second-order valence-electron chi connectivity index (χ2n) is 8.74. The average Bonchev–Trinajstić information content (AvgIpc) is 3.50. The fraction of sp³-hybridized carbons (Fsp3) is 0.360. The molecule has 0 radical (unpaired) electrons. The fourth-order valence-electron chi connectivity index (χ4n) is 3.88. The predicted octanol–water partition coefficient (Wildman–Crippen LogP) is 4.93. The summed E-state index contributed by atoms with van der Waals surface area (Å²) in [6.45, 7) is 8.54. The zero-order valence-corrected chi connectivity index (χ0v) is 21.3. The minimum atomic E-state index is -0.422. The van der Waals surface area contributed by atoms with Crippen LogP contribution >= 0.6 is 22.7 Å². The van der Waals surface area contributed by atoms with Crippen LogP contribution in [-0.4, -0.2) is 29.3 Å². The maximum absolute atomic E-state index is 13.0. The van der Waals surface area contributed by atoms with E-state index in [1.54, 1.807) is 16.2 Å². The Kier molecular flexibility index (Phi) is 7.13. The fourth-order valence-corrected chi connectivity index (χ4v) is 5.77. The number of hydrogen-bond acceptors (Lipinski definition) is 6. The Morgan fingerprint density at radius 3 is 2.74 bits per heavy atom. The number of carbonyl (C=O) groups excluding carboxylic acids is 3. The van der Waals surface area contributed by atoms with E-state index in [1.807, 2.05) is 37.3 Å². The normalized spacial score (nSPS) is 15.7. The third kappa shape index (κ3) is 5.37. The minimum absolute atomic E-state index is 0.0395. The van der Waals surface area contributed by atoms with Crippen LogP contribution in [0.4, 0.5) is 10.8 Å². The molecule has 2 N–H and O–H groups in total. The maximum Gasteiger partial charge on any atom is 0.231 e. The third-order valence-electron chi connectivity index (χ3n) is 5.78. The highest BCUT2D eigenvalue weighted by molar-refractivity contribution is 7.18. The molecule has 0 aliphatic carbocycles. The molecule has 1 aliphatic heterocycles. The van der Waals surface area contributed by atoms with Crippen LogP contribution in [0.3, 0.4) is 0 Å². The summed E-state index contributed by atoms with van der Waals surface area (Å²) in [5, 5.41) is 6.25. The molecule has 1 saturated heterocycles. The number of aryl methyl sites for hydroxylation is 1. The van der Waals surface area contributed by atoms with Crippen LogP contribution in [0.2, 0.25) is 0 Å². The van der Waals surface area contributed by atoms with Crippen LogP contribution in [0.25, 0.3) is 10.6 Å². The molecule has 7 nitrogen and oxygen atoms in total. The average molecular weight is 497 g/mol. The molecule has 1 atom stereocenters. The number of hydrogen-bond donors (Lipinski definition) is 2. The summed E-state index contributed by atoms with van der Waals surface area (Å²) in [7, 11) is 0. The maximum atomic E-state index is 13.0. The van der Waals surface area contributed by atoms with Gasteiger partial charge in [0.15, 0.2) is 5.13 Å². The first-order valence-electron chi connectivity index (χ1n) is 11.2. The van der Waals surface area contributed by atoms with Gasteiger partial charge in [-0.25, -0.2) is 4.98 Å². The molecule has 4 rings (SSSR count). The molecule has 34 heavy (non-hydrogen) atoms. The number of aromatic nitrogens is 1. The van der Waals surface area contributed by atoms with E-state index in [1.165, 1.54) is 18.3 Å². The summed E-state index contributed by atoms with van der Waals surface area (Å²) in [5.41, 5.74) is 2.83. The zero-order valence-electron chi connectivity index (χ0n) is 19.7. The van der Waals surface area contributed by atoms with Gasteiger partial charge in [0.05, 0.1) is 23.0 Å². The number of thiophene rings is 1. The second kappa shape index (κ2) is 10.1. The highest BCUT2D eigenvalue weighted by Gasteiger charge is 2.35. The van der Waals surface area contributed by atoms with Gasteiger partial charge in [-0.2, -0.15) is 0 Å². The van der Waals surface area contributed by atoms with Gasteiger partial charge in [-0.3, -0.25) is 14.4 Å². The highest BCUT2D eigenvalue weighted by Crippen LogP contribution is 2.35. The van der Waals surface area contributed by atoms with Gasteiger partial charge in [0, 0.05) is 35.3 Å². The minimum Gasteiger partial charge on any atom is -0.351 e. The summed E-state index contributed by atoms with van der Waals surface area (Å²) in [5.74, 6) is -0.352. The van der Waals surface area contributed by atoms with E-state index in [9.17, 15) is 14.4 Å². The van der Waals surface area contributed by atoms with Crippen LogP contribution in [0, 0.1) is 12.8 Å². The molecule has 0 saturated carbocycles. The van der Waals surface area contributed by atoms with Crippen molar-refractivity contribution in [2.75, 3.05) is 16.8 Å². The molecule has 3 aromatic rings. The van der Waals surface area contributed by atoms with Crippen LogP contribution < -0.4 is 15.5 Å². The molecule has 0 spiro atoms. The number of benzene rings is 1.